The first-order valence-corrected chi connectivity index (χ1v) is 5.64. The van der Waals surface area contributed by atoms with Gasteiger partial charge in [0.05, 0.1) is 0 Å². The van der Waals surface area contributed by atoms with Crippen molar-refractivity contribution in [3.63, 3.8) is 0 Å². The van der Waals surface area contributed by atoms with Crippen LogP contribution in [0.25, 0.3) is 0 Å². The molecule has 0 saturated carbocycles. The van der Waals surface area contributed by atoms with Gasteiger partial charge >= 0.3 is 6.09 Å². The molecule has 4 heteroatoms. The molecule has 4 nitrogen and oxygen atoms in total. The van der Waals surface area contributed by atoms with Gasteiger partial charge in [0.2, 0.25) is 0 Å². The number of rotatable bonds is 1. The molecular formula is C12H28N2O2. The zero-order valence-corrected chi connectivity index (χ0v) is 12.0. The van der Waals surface area contributed by atoms with E-state index in [1.165, 1.54) is 13.3 Å². The van der Waals surface area contributed by atoms with Gasteiger partial charge in [-0.3, -0.25) is 0 Å². The monoisotopic (exact) mass is 232 g/mol. The Morgan fingerprint density at radius 1 is 1.31 bits per heavy atom. The maximum atomic E-state index is 10.5. The Bertz CT molecular complexity index is 172. The van der Waals surface area contributed by atoms with Crippen LogP contribution in [0.1, 0.15) is 48.5 Å². The van der Waals surface area contributed by atoms with Gasteiger partial charge in [0, 0.05) is 7.05 Å². The number of hydrogen-bond acceptors (Lipinski definition) is 3. The van der Waals surface area contributed by atoms with E-state index >= 15 is 0 Å². The first-order chi connectivity index (χ1) is 7.22. The predicted octanol–water partition coefficient (Wildman–Crippen LogP) is 3.46. The van der Waals surface area contributed by atoms with Crippen LogP contribution in [0.5, 0.6) is 0 Å². The topological polar surface area (TPSA) is 62.2 Å². The second-order valence-corrected chi connectivity index (χ2v) is 4.16. The van der Waals surface area contributed by atoms with Crippen molar-refractivity contribution in [2.75, 3.05) is 7.05 Å². The number of hydrogen-bond donors (Lipinski definition) is 2. The van der Waals surface area contributed by atoms with E-state index in [9.17, 15) is 4.79 Å². The molecular weight excluding hydrogens is 204 g/mol. The summed E-state index contributed by atoms with van der Waals surface area (Å²) in [6.45, 7) is 13.4. The lowest BCUT2D eigenvalue weighted by molar-refractivity contribution is 0.0541. The molecule has 0 aliphatic heterocycles. The second kappa shape index (κ2) is 12.0. The lowest BCUT2D eigenvalue weighted by atomic mass is 10.2. The van der Waals surface area contributed by atoms with Crippen molar-refractivity contribution in [3.05, 3.63) is 0 Å². The Hall–Kier alpha value is -1.06. The summed E-state index contributed by atoms with van der Waals surface area (Å²) in [4.78, 5) is 10.5. The molecule has 0 aromatic carbocycles. The molecule has 0 rings (SSSR count). The van der Waals surface area contributed by atoms with Gasteiger partial charge in [-0.25, -0.2) is 4.79 Å². The molecule has 0 spiro atoms. The Balaban J connectivity index is -0.000000205. The quantitative estimate of drug-likeness (QED) is 0.680. The minimum absolute atomic E-state index is 0.387. The molecule has 1 amide bonds. The molecule has 16 heavy (non-hydrogen) atoms. The second-order valence-electron chi connectivity index (χ2n) is 4.16. The number of nitrogens with one attached hydrogen (secondary N) is 2. The molecule has 2 N–H and O–H groups in total. The average Bonchev–Trinajstić information content (AvgIpc) is 2.19. The van der Waals surface area contributed by atoms with E-state index in [0.717, 1.165) is 0 Å². The summed E-state index contributed by atoms with van der Waals surface area (Å²) in [5, 5.41) is 8.89. The van der Waals surface area contributed by atoms with Crippen LogP contribution >= 0.6 is 0 Å². The third kappa shape index (κ3) is 29.3. The summed E-state index contributed by atoms with van der Waals surface area (Å²) in [5.41, 5.74) is -0.389. The SMILES string of the molecule is CC.CC(C)C=N.CNC(=O)OC(C)(C)C. The molecule has 98 valence electrons. The Kier molecular flexibility index (Phi) is 15.3. The van der Waals surface area contributed by atoms with Crippen molar-refractivity contribution in [1.29, 1.82) is 5.41 Å². The highest BCUT2D eigenvalue weighted by molar-refractivity contribution is 5.67. The van der Waals surface area contributed by atoms with E-state index in [2.05, 4.69) is 5.32 Å². The normalized spacial score (nSPS) is 9.06. The highest BCUT2D eigenvalue weighted by atomic mass is 16.6. The van der Waals surface area contributed by atoms with Crippen molar-refractivity contribution >= 4 is 12.3 Å². The molecule has 0 aliphatic rings. The lowest BCUT2D eigenvalue weighted by Crippen LogP contribution is -2.30. The predicted molar refractivity (Wildman–Crippen MR) is 70.3 cm³/mol. The molecule has 0 aromatic heterocycles. The highest BCUT2D eigenvalue weighted by Crippen LogP contribution is 2.05. The minimum Gasteiger partial charge on any atom is -0.444 e. The molecule has 0 bridgehead atoms. The van der Waals surface area contributed by atoms with Crippen molar-refractivity contribution < 1.29 is 9.53 Å². The molecule has 0 radical (unpaired) electrons. The van der Waals surface area contributed by atoms with E-state index in [-0.39, 0.29) is 11.7 Å². The molecule has 0 unspecified atom stereocenters. The van der Waals surface area contributed by atoms with Crippen LogP contribution in [0.3, 0.4) is 0 Å². The standard InChI is InChI=1S/C6H13NO2.C4H9N.C2H6/c1-6(2,3)9-5(8)7-4;1-4(2)3-5;1-2/h1-4H3,(H,7,8);3-5H,1-2H3;1-2H3. The third-order valence-electron chi connectivity index (χ3n) is 0.936. The average molecular weight is 232 g/mol. The van der Waals surface area contributed by atoms with Crippen LogP contribution in [0, 0.1) is 11.3 Å². The van der Waals surface area contributed by atoms with E-state index in [0.29, 0.717) is 5.92 Å². The third-order valence-corrected chi connectivity index (χ3v) is 0.936. The van der Waals surface area contributed by atoms with Crippen LogP contribution in [-0.2, 0) is 4.74 Å². The molecule has 0 fully saturated rings. The fourth-order valence-corrected chi connectivity index (χ4v) is 0.329. The zero-order valence-electron chi connectivity index (χ0n) is 12.0. The summed E-state index contributed by atoms with van der Waals surface area (Å²) < 4.78 is 4.84. The number of carbonyl (C=O) groups excluding carboxylic acids is 1. The fraction of sp³-hybridized carbons (Fsp3) is 0.833. The first kappa shape index (κ1) is 20.4. The van der Waals surface area contributed by atoms with Crippen LogP contribution in [0.15, 0.2) is 0 Å². The van der Waals surface area contributed by atoms with Gasteiger partial charge in [0.25, 0.3) is 0 Å². The van der Waals surface area contributed by atoms with Gasteiger partial charge in [0.1, 0.15) is 5.60 Å². The summed E-state index contributed by atoms with van der Waals surface area (Å²) >= 11 is 0. The maximum Gasteiger partial charge on any atom is 0.407 e. The summed E-state index contributed by atoms with van der Waals surface area (Å²) in [6, 6.07) is 0. The summed E-state index contributed by atoms with van der Waals surface area (Å²) in [6.07, 6.45) is 1.03. The maximum absolute atomic E-state index is 10.5. The number of alkyl carbamates (subject to hydrolysis) is 1. The van der Waals surface area contributed by atoms with Gasteiger partial charge in [-0.2, -0.15) is 0 Å². The fourth-order valence-electron chi connectivity index (χ4n) is 0.329. The summed E-state index contributed by atoms with van der Waals surface area (Å²) in [5.74, 6) is 0.426. The highest BCUT2D eigenvalue weighted by Gasteiger charge is 2.13. The van der Waals surface area contributed by atoms with Crippen LogP contribution in [-0.4, -0.2) is 25.0 Å². The molecule has 0 atom stereocenters. The summed E-state index contributed by atoms with van der Waals surface area (Å²) in [7, 11) is 1.54. The Labute approximate surface area is 100 Å². The Morgan fingerprint density at radius 2 is 1.62 bits per heavy atom. The van der Waals surface area contributed by atoms with E-state index in [1.807, 2.05) is 48.5 Å². The van der Waals surface area contributed by atoms with E-state index in [1.54, 1.807) is 0 Å². The van der Waals surface area contributed by atoms with Gasteiger partial charge in [0.15, 0.2) is 0 Å². The molecule has 0 saturated heterocycles. The molecule has 0 aliphatic carbocycles. The van der Waals surface area contributed by atoms with E-state index in [4.69, 9.17) is 10.1 Å². The Morgan fingerprint density at radius 3 is 1.69 bits per heavy atom. The lowest BCUT2D eigenvalue weighted by Gasteiger charge is -2.18. The molecule has 0 heterocycles. The zero-order chi connectivity index (χ0) is 13.8. The van der Waals surface area contributed by atoms with Gasteiger partial charge in [-0.1, -0.05) is 27.7 Å². The smallest absolute Gasteiger partial charge is 0.407 e. The van der Waals surface area contributed by atoms with E-state index < -0.39 is 0 Å². The van der Waals surface area contributed by atoms with Crippen molar-refractivity contribution in [1.82, 2.24) is 5.32 Å². The number of amides is 1. The number of carbonyl (C=O) groups is 1. The van der Waals surface area contributed by atoms with Crippen LogP contribution in [0.2, 0.25) is 0 Å². The van der Waals surface area contributed by atoms with Crippen molar-refractivity contribution in [2.45, 2.75) is 54.1 Å². The number of ether oxygens (including phenoxy) is 1. The largest absolute Gasteiger partial charge is 0.444 e. The van der Waals surface area contributed by atoms with Crippen LogP contribution < -0.4 is 5.32 Å². The molecule has 0 aromatic rings. The van der Waals surface area contributed by atoms with Crippen molar-refractivity contribution in [3.8, 4) is 0 Å². The minimum atomic E-state index is -0.389. The van der Waals surface area contributed by atoms with Gasteiger partial charge in [-0.05, 0) is 32.9 Å². The van der Waals surface area contributed by atoms with Crippen LogP contribution in [0.4, 0.5) is 4.79 Å². The first-order valence-electron chi connectivity index (χ1n) is 5.64. The van der Waals surface area contributed by atoms with Crippen molar-refractivity contribution in [2.24, 2.45) is 5.92 Å². The van der Waals surface area contributed by atoms with Gasteiger partial charge < -0.3 is 15.5 Å². The van der Waals surface area contributed by atoms with Gasteiger partial charge in [-0.15, -0.1) is 0 Å².